The van der Waals surface area contributed by atoms with E-state index >= 15 is 0 Å². The molecule has 0 saturated carbocycles. The summed E-state index contributed by atoms with van der Waals surface area (Å²) in [4.78, 5) is 26.5. The second-order valence-corrected chi connectivity index (χ2v) is 6.55. The van der Waals surface area contributed by atoms with E-state index in [1.54, 1.807) is 23.1 Å². The topological polar surface area (TPSA) is 95.9 Å². The molecule has 1 saturated heterocycles. The summed E-state index contributed by atoms with van der Waals surface area (Å²) in [6, 6.07) is 1.91. The van der Waals surface area contributed by atoms with Crippen LogP contribution < -0.4 is 5.32 Å². The van der Waals surface area contributed by atoms with Gasteiger partial charge in [-0.2, -0.15) is 10.2 Å². The largest absolute Gasteiger partial charge is 0.355 e. The molecule has 2 unspecified atom stereocenters. The van der Waals surface area contributed by atoms with Crippen LogP contribution in [0, 0.1) is 5.92 Å². The highest BCUT2D eigenvalue weighted by molar-refractivity contribution is 5.92. The maximum Gasteiger partial charge on any atom is 0.274 e. The first kappa shape index (κ1) is 17.2. The summed E-state index contributed by atoms with van der Waals surface area (Å²) < 4.78 is 1.75. The highest BCUT2D eigenvalue weighted by atomic mass is 16.2. The predicted octanol–water partition coefficient (Wildman–Crippen LogP) is 0.836. The van der Waals surface area contributed by atoms with Crippen molar-refractivity contribution in [1.29, 1.82) is 0 Å². The quantitative estimate of drug-likeness (QED) is 0.811. The number of H-pyrrole nitrogens is 1. The fourth-order valence-electron chi connectivity index (χ4n) is 3.25. The molecular weight excluding hydrogens is 320 g/mol. The van der Waals surface area contributed by atoms with Gasteiger partial charge in [0.25, 0.3) is 5.91 Å². The van der Waals surface area contributed by atoms with E-state index in [1.165, 1.54) is 0 Å². The molecule has 0 aromatic carbocycles. The van der Waals surface area contributed by atoms with Gasteiger partial charge in [-0.1, -0.05) is 0 Å². The number of carbonyl (C=O) groups excluding carboxylic acids is 2. The van der Waals surface area contributed by atoms with Gasteiger partial charge in [0.2, 0.25) is 5.91 Å². The molecule has 134 valence electrons. The van der Waals surface area contributed by atoms with Crippen LogP contribution in [0.15, 0.2) is 24.7 Å². The number of carbonyl (C=O) groups is 2. The summed E-state index contributed by atoms with van der Waals surface area (Å²) in [5.74, 6) is 0.202. The highest BCUT2D eigenvalue weighted by Gasteiger charge is 2.33. The third kappa shape index (κ3) is 4.07. The zero-order valence-electron chi connectivity index (χ0n) is 14.6. The lowest BCUT2D eigenvalue weighted by Gasteiger charge is -2.20. The van der Waals surface area contributed by atoms with Crippen molar-refractivity contribution < 1.29 is 9.59 Å². The number of hydrogen-bond acceptors (Lipinski definition) is 4. The van der Waals surface area contributed by atoms with Crippen LogP contribution in [-0.2, 0) is 17.8 Å². The smallest absolute Gasteiger partial charge is 0.274 e. The average molecular weight is 344 g/mol. The van der Waals surface area contributed by atoms with E-state index in [0.29, 0.717) is 25.2 Å². The number of rotatable bonds is 6. The van der Waals surface area contributed by atoms with Gasteiger partial charge in [0.1, 0.15) is 5.69 Å². The molecule has 2 aromatic heterocycles. The lowest BCUT2D eigenvalue weighted by Crippen LogP contribution is -2.35. The summed E-state index contributed by atoms with van der Waals surface area (Å²) >= 11 is 0. The molecule has 0 spiro atoms. The monoisotopic (exact) mass is 344 g/mol. The minimum atomic E-state index is -0.0353. The Kier molecular flexibility index (Phi) is 5.16. The van der Waals surface area contributed by atoms with E-state index in [1.807, 2.05) is 24.9 Å². The summed E-state index contributed by atoms with van der Waals surface area (Å²) in [6.45, 7) is 6.00. The lowest BCUT2D eigenvalue weighted by atomic mass is 10.1. The highest BCUT2D eigenvalue weighted by Crippen LogP contribution is 2.24. The first-order chi connectivity index (χ1) is 12.1. The minimum absolute atomic E-state index is 0.0273. The van der Waals surface area contributed by atoms with Crippen molar-refractivity contribution >= 4 is 11.8 Å². The summed E-state index contributed by atoms with van der Waals surface area (Å²) in [6.07, 6.45) is 6.38. The Bertz CT molecular complexity index is 723. The van der Waals surface area contributed by atoms with Crippen LogP contribution >= 0.6 is 0 Å². The van der Waals surface area contributed by atoms with Crippen LogP contribution in [-0.4, -0.2) is 55.8 Å². The molecule has 8 heteroatoms. The molecule has 2 N–H and O–H groups in total. The molecule has 2 atom stereocenters. The number of likely N-dealkylation sites (tertiary alicyclic amines) is 1. The number of amides is 2. The molecule has 2 amide bonds. The Labute approximate surface area is 146 Å². The van der Waals surface area contributed by atoms with E-state index in [9.17, 15) is 9.59 Å². The normalized spacial score (nSPS) is 20.0. The Morgan fingerprint density at radius 1 is 1.44 bits per heavy atom. The SMILES string of the molecule is CCn1ccc(C(=O)N2CC(CNC(=O)Cc3cn[nH]c3)CC2C)n1. The van der Waals surface area contributed by atoms with Crippen molar-refractivity contribution in [3.05, 3.63) is 35.9 Å². The molecule has 3 heterocycles. The Hall–Kier alpha value is -2.64. The fraction of sp³-hybridized carbons (Fsp3) is 0.529. The first-order valence-electron chi connectivity index (χ1n) is 8.65. The fourth-order valence-corrected chi connectivity index (χ4v) is 3.25. The van der Waals surface area contributed by atoms with Crippen molar-refractivity contribution in [3.63, 3.8) is 0 Å². The number of nitrogens with one attached hydrogen (secondary N) is 2. The Morgan fingerprint density at radius 3 is 2.96 bits per heavy atom. The first-order valence-corrected chi connectivity index (χ1v) is 8.65. The van der Waals surface area contributed by atoms with Crippen LogP contribution in [0.1, 0.15) is 36.3 Å². The van der Waals surface area contributed by atoms with Gasteiger partial charge in [-0.05, 0) is 37.8 Å². The molecular formula is C17H24N6O2. The second-order valence-electron chi connectivity index (χ2n) is 6.55. The molecule has 0 aliphatic carbocycles. The van der Waals surface area contributed by atoms with Crippen molar-refractivity contribution in [2.75, 3.05) is 13.1 Å². The van der Waals surface area contributed by atoms with Crippen LogP contribution in [0.25, 0.3) is 0 Å². The molecule has 1 aliphatic rings. The number of nitrogens with zero attached hydrogens (tertiary/aromatic N) is 4. The summed E-state index contributed by atoms with van der Waals surface area (Å²) in [7, 11) is 0. The zero-order valence-corrected chi connectivity index (χ0v) is 14.6. The van der Waals surface area contributed by atoms with Gasteiger partial charge in [-0.15, -0.1) is 0 Å². The lowest BCUT2D eigenvalue weighted by molar-refractivity contribution is -0.120. The zero-order chi connectivity index (χ0) is 17.8. The van der Waals surface area contributed by atoms with E-state index in [-0.39, 0.29) is 23.8 Å². The standard InChI is InChI=1S/C17H24N6O2/c1-3-22-5-4-15(21-22)17(25)23-11-14(6-12(23)2)8-18-16(24)7-13-9-19-20-10-13/h4-5,9-10,12,14H,3,6-8,11H2,1-2H3,(H,18,24)(H,19,20). The van der Waals surface area contributed by atoms with Gasteiger partial charge in [-0.3, -0.25) is 19.4 Å². The van der Waals surface area contributed by atoms with E-state index in [2.05, 4.69) is 20.6 Å². The molecule has 0 radical (unpaired) electrons. The van der Waals surface area contributed by atoms with Crippen molar-refractivity contribution in [1.82, 2.24) is 30.2 Å². The van der Waals surface area contributed by atoms with Gasteiger partial charge in [0.05, 0.1) is 12.6 Å². The van der Waals surface area contributed by atoms with E-state index in [0.717, 1.165) is 18.5 Å². The van der Waals surface area contributed by atoms with Crippen molar-refractivity contribution in [3.8, 4) is 0 Å². The van der Waals surface area contributed by atoms with E-state index < -0.39 is 0 Å². The summed E-state index contributed by atoms with van der Waals surface area (Å²) in [5.41, 5.74) is 1.35. The van der Waals surface area contributed by atoms with Crippen molar-refractivity contribution in [2.45, 2.75) is 39.3 Å². The van der Waals surface area contributed by atoms with Gasteiger partial charge in [-0.25, -0.2) is 0 Å². The second kappa shape index (κ2) is 7.50. The Balaban J connectivity index is 1.50. The number of aromatic nitrogens is 4. The maximum atomic E-state index is 12.6. The minimum Gasteiger partial charge on any atom is -0.355 e. The van der Waals surface area contributed by atoms with Gasteiger partial charge in [0.15, 0.2) is 0 Å². The van der Waals surface area contributed by atoms with Gasteiger partial charge < -0.3 is 10.2 Å². The predicted molar refractivity (Wildman–Crippen MR) is 91.8 cm³/mol. The number of aryl methyl sites for hydroxylation is 1. The van der Waals surface area contributed by atoms with Crippen LogP contribution in [0.2, 0.25) is 0 Å². The molecule has 2 aromatic rings. The number of hydrogen-bond donors (Lipinski definition) is 2. The third-order valence-electron chi connectivity index (χ3n) is 4.61. The molecule has 1 aliphatic heterocycles. The summed E-state index contributed by atoms with van der Waals surface area (Å²) in [5, 5.41) is 13.8. The van der Waals surface area contributed by atoms with Gasteiger partial charge in [0, 0.05) is 38.1 Å². The molecule has 3 rings (SSSR count). The average Bonchev–Trinajstić information content (AvgIpc) is 3.33. The van der Waals surface area contributed by atoms with E-state index in [4.69, 9.17) is 0 Å². The third-order valence-corrected chi connectivity index (χ3v) is 4.61. The van der Waals surface area contributed by atoms with Crippen molar-refractivity contribution in [2.24, 2.45) is 5.92 Å². The van der Waals surface area contributed by atoms with Crippen LogP contribution in [0.4, 0.5) is 0 Å². The Morgan fingerprint density at radius 2 is 2.28 bits per heavy atom. The molecule has 25 heavy (non-hydrogen) atoms. The maximum absolute atomic E-state index is 12.6. The van der Waals surface area contributed by atoms with Crippen LogP contribution in [0.3, 0.4) is 0 Å². The number of aromatic amines is 1. The molecule has 8 nitrogen and oxygen atoms in total. The van der Waals surface area contributed by atoms with Gasteiger partial charge >= 0.3 is 0 Å². The molecule has 1 fully saturated rings. The molecule has 0 bridgehead atoms. The van der Waals surface area contributed by atoms with Crippen LogP contribution in [0.5, 0.6) is 0 Å².